The summed E-state index contributed by atoms with van der Waals surface area (Å²) in [6, 6.07) is 1.66. The van der Waals surface area contributed by atoms with Crippen LogP contribution >= 0.6 is 11.3 Å². The lowest BCUT2D eigenvalue weighted by atomic mass is 9.96. The maximum absolute atomic E-state index is 12.2. The summed E-state index contributed by atoms with van der Waals surface area (Å²) in [5.74, 6) is -0.221. The first kappa shape index (κ1) is 17.0. The van der Waals surface area contributed by atoms with E-state index in [1.165, 1.54) is 12.0 Å². The van der Waals surface area contributed by atoms with E-state index in [1.807, 2.05) is 19.4 Å². The standard InChI is InChI=1S/C16H25N3O2S/c1-12(19(2)10-13-8-9-22-11-13)15(20)18-16(21)17-14-6-4-3-5-7-14/h8-9,11-12,14H,3-7,10H2,1-2H3,(H2,17,18,20,21)/p+1/t12-/m1/s1. The zero-order valence-corrected chi connectivity index (χ0v) is 14.2. The molecule has 1 aromatic heterocycles. The molecule has 5 nitrogen and oxygen atoms in total. The fourth-order valence-corrected chi connectivity index (χ4v) is 3.45. The number of quaternary nitrogens is 1. The summed E-state index contributed by atoms with van der Waals surface area (Å²) in [5.41, 5.74) is 1.22. The van der Waals surface area contributed by atoms with E-state index >= 15 is 0 Å². The maximum Gasteiger partial charge on any atom is 0.321 e. The molecule has 6 heteroatoms. The Labute approximate surface area is 136 Å². The van der Waals surface area contributed by atoms with Gasteiger partial charge in [0.05, 0.1) is 7.05 Å². The zero-order valence-electron chi connectivity index (χ0n) is 13.4. The maximum atomic E-state index is 12.2. The van der Waals surface area contributed by atoms with Crippen LogP contribution in [0.5, 0.6) is 0 Å². The molecule has 0 saturated heterocycles. The number of urea groups is 1. The van der Waals surface area contributed by atoms with E-state index < -0.39 is 0 Å². The largest absolute Gasteiger partial charge is 0.335 e. The Morgan fingerprint density at radius 3 is 2.73 bits per heavy atom. The summed E-state index contributed by atoms with van der Waals surface area (Å²) >= 11 is 1.65. The van der Waals surface area contributed by atoms with Crippen LogP contribution in [-0.2, 0) is 11.3 Å². The normalized spacial score (nSPS) is 18.5. The van der Waals surface area contributed by atoms with Gasteiger partial charge >= 0.3 is 6.03 Å². The highest BCUT2D eigenvalue weighted by Gasteiger charge is 2.25. The van der Waals surface area contributed by atoms with E-state index in [2.05, 4.69) is 22.1 Å². The summed E-state index contributed by atoms with van der Waals surface area (Å²) < 4.78 is 0. The lowest BCUT2D eigenvalue weighted by Crippen LogP contribution is -3.12. The Morgan fingerprint density at radius 1 is 1.36 bits per heavy atom. The van der Waals surface area contributed by atoms with Gasteiger partial charge in [-0.2, -0.15) is 11.3 Å². The lowest BCUT2D eigenvalue weighted by Gasteiger charge is -2.24. The summed E-state index contributed by atoms with van der Waals surface area (Å²) in [6.07, 6.45) is 5.58. The summed E-state index contributed by atoms with van der Waals surface area (Å²) in [7, 11) is 1.97. The van der Waals surface area contributed by atoms with Gasteiger partial charge < -0.3 is 10.2 Å². The molecule has 0 bridgehead atoms. The predicted octanol–water partition coefficient (Wildman–Crippen LogP) is 1.31. The third-order valence-corrected chi connectivity index (χ3v) is 5.10. The summed E-state index contributed by atoms with van der Waals surface area (Å²) in [4.78, 5) is 25.2. The van der Waals surface area contributed by atoms with Gasteiger partial charge in [0.1, 0.15) is 6.54 Å². The molecule has 3 N–H and O–H groups in total. The van der Waals surface area contributed by atoms with Crippen molar-refractivity contribution in [1.29, 1.82) is 0 Å². The van der Waals surface area contributed by atoms with Gasteiger partial charge in [-0.15, -0.1) is 0 Å². The fourth-order valence-electron chi connectivity index (χ4n) is 2.78. The van der Waals surface area contributed by atoms with Crippen LogP contribution in [0.25, 0.3) is 0 Å². The number of amides is 3. The van der Waals surface area contributed by atoms with Crippen molar-refractivity contribution in [2.24, 2.45) is 0 Å². The van der Waals surface area contributed by atoms with Gasteiger partial charge in [-0.1, -0.05) is 19.3 Å². The highest BCUT2D eigenvalue weighted by Crippen LogP contribution is 2.17. The van der Waals surface area contributed by atoms with Crippen LogP contribution in [0.2, 0.25) is 0 Å². The second-order valence-corrected chi connectivity index (χ2v) is 6.95. The van der Waals surface area contributed by atoms with Crippen molar-refractivity contribution in [3.05, 3.63) is 22.4 Å². The molecule has 0 spiro atoms. The van der Waals surface area contributed by atoms with E-state index in [0.717, 1.165) is 37.1 Å². The summed E-state index contributed by atoms with van der Waals surface area (Å²) in [5, 5.41) is 9.51. The molecule has 1 heterocycles. The molecule has 2 rings (SSSR count). The van der Waals surface area contributed by atoms with Crippen molar-refractivity contribution < 1.29 is 14.5 Å². The van der Waals surface area contributed by atoms with Crippen molar-refractivity contribution in [2.75, 3.05) is 7.05 Å². The van der Waals surface area contributed by atoms with Gasteiger partial charge in [0.15, 0.2) is 6.04 Å². The van der Waals surface area contributed by atoms with Gasteiger partial charge in [-0.05, 0) is 36.6 Å². The Balaban J connectivity index is 1.76. The average Bonchev–Trinajstić information content (AvgIpc) is 3.00. The first-order chi connectivity index (χ1) is 10.6. The molecule has 1 aliphatic rings. The molecular weight excluding hydrogens is 298 g/mol. The number of rotatable bonds is 5. The number of carbonyl (C=O) groups excluding carboxylic acids is 2. The number of nitrogens with one attached hydrogen (secondary N) is 3. The van der Waals surface area contributed by atoms with Crippen molar-refractivity contribution in [3.8, 4) is 0 Å². The van der Waals surface area contributed by atoms with Crippen molar-refractivity contribution in [1.82, 2.24) is 10.6 Å². The Kier molecular flexibility index (Phi) is 6.39. The fraction of sp³-hybridized carbons (Fsp3) is 0.625. The number of hydrogen-bond acceptors (Lipinski definition) is 3. The van der Waals surface area contributed by atoms with Gasteiger partial charge in [0.2, 0.25) is 0 Å². The quantitative estimate of drug-likeness (QED) is 0.765. The van der Waals surface area contributed by atoms with E-state index in [1.54, 1.807) is 11.3 Å². The monoisotopic (exact) mass is 324 g/mol. The van der Waals surface area contributed by atoms with E-state index in [9.17, 15) is 9.59 Å². The van der Waals surface area contributed by atoms with E-state index in [-0.39, 0.29) is 24.0 Å². The van der Waals surface area contributed by atoms with Crippen LogP contribution in [0, 0.1) is 0 Å². The SMILES string of the molecule is C[C@H](C(=O)NC(=O)NC1CCCCC1)[NH+](C)Cc1ccsc1. The van der Waals surface area contributed by atoms with Crippen molar-refractivity contribution in [3.63, 3.8) is 0 Å². The van der Waals surface area contributed by atoms with E-state index in [4.69, 9.17) is 0 Å². The Morgan fingerprint density at radius 2 is 2.09 bits per heavy atom. The lowest BCUT2D eigenvalue weighted by molar-refractivity contribution is -0.908. The third kappa shape index (κ3) is 5.10. The highest BCUT2D eigenvalue weighted by molar-refractivity contribution is 7.07. The van der Waals surface area contributed by atoms with Gasteiger partial charge in [0.25, 0.3) is 5.91 Å². The number of hydrogen-bond donors (Lipinski definition) is 3. The second kappa shape index (κ2) is 8.29. The molecule has 1 fully saturated rings. The molecule has 0 radical (unpaired) electrons. The van der Waals surface area contributed by atoms with Gasteiger partial charge in [0, 0.05) is 11.6 Å². The molecular formula is C16H26N3O2S+. The van der Waals surface area contributed by atoms with Gasteiger partial charge in [-0.25, -0.2) is 4.79 Å². The van der Waals surface area contributed by atoms with Crippen molar-refractivity contribution >= 4 is 23.3 Å². The molecule has 1 saturated carbocycles. The molecule has 22 heavy (non-hydrogen) atoms. The molecule has 3 amide bonds. The number of likely N-dealkylation sites (N-methyl/N-ethyl adjacent to an activating group) is 1. The Hall–Kier alpha value is -1.40. The molecule has 1 aliphatic carbocycles. The minimum Gasteiger partial charge on any atom is -0.335 e. The van der Waals surface area contributed by atoms with Crippen LogP contribution in [-0.4, -0.2) is 31.1 Å². The third-order valence-electron chi connectivity index (χ3n) is 4.37. The second-order valence-electron chi connectivity index (χ2n) is 6.17. The molecule has 1 unspecified atom stereocenters. The van der Waals surface area contributed by atoms with Crippen LogP contribution < -0.4 is 15.5 Å². The summed E-state index contributed by atoms with van der Waals surface area (Å²) in [6.45, 7) is 2.63. The first-order valence-electron chi connectivity index (χ1n) is 8.01. The first-order valence-corrected chi connectivity index (χ1v) is 8.95. The molecule has 2 atom stereocenters. The smallest absolute Gasteiger partial charge is 0.321 e. The molecule has 0 aromatic carbocycles. The number of carbonyl (C=O) groups is 2. The highest BCUT2D eigenvalue weighted by atomic mass is 32.1. The molecule has 0 aliphatic heterocycles. The van der Waals surface area contributed by atoms with Gasteiger partial charge in [-0.3, -0.25) is 10.1 Å². The minimum absolute atomic E-state index is 0.215. The average molecular weight is 324 g/mol. The molecule has 1 aromatic rings. The van der Waals surface area contributed by atoms with E-state index in [0.29, 0.717) is 0 Å². The van der Waals surface area contributed by atoms with Crippen LogP contribution in [0.4, 0.5) is 4.79 Å². The number of imide groups is 1. The molecule has 122 valence electrons. The number of thiophene rings is 1. The Bertz CT molecular complexity index is 484. The predicted molar refractivity (Wildman–Crippen MR) is 87.9 cm³/mol. The van der Waals surface area contributed by atoms with Crippen LogP contribution in [0.3, 0.4) is 0 Å². The zero-order chi connectivity index (χ0) is 15.9. The minimum atomic E-state index is -0.355. The van der Waals surface area contributed by atoms with Crippen LogP contribution in [0.15, 0.2) is 16.8 Å². The topological polar surface area (TPSA) is 62.6 Å². The van der Waals surface area contributed by atoms with Crippen molar-refractivity contribution in [2.45, 2.75) is 57.7 Å². The van der Waals surface area contributed by atoms with Crippen LogP contribution in [0.1, 0.15) is 44.6 Å².